The third-order valence-electron chi connectivity index (χ3n) is 2.81. The second-order valence-corrected chi connectivity index (χ2v) is 6.68. The Morgan fingerprint density at radius 3 is 2.47 bits per heavy atom. The van der Waals surface area contributed by atoms with Crippen molar-refractivity contribution in [2.45, 2.75) is 19.1 Å². The fourth-order valence-electron chi connectivity index (χ4n) is 1.70. The second kappa shape index (κ2) is 5.85. The van der Waals surface area contributed by atoms with Gasteiger partial charge >= 0.3 is 5.97 Å². The van der Waals surface area contributed by atoms with Gasteiger partial charge in [0.2, 0.25) is 15.9 Å². The fraction of sp³-hybridized carbons (Fsp3) is 0.800. The molecule has 1 aliphatic heterocycles. The van der Waals surface area contributed by atoms with E-state index in [1.165, 1.54) is 11.9 Å². The molecule has 0 aromatic rings. The van der Waals surface area contributed by atoms with Gasteiger partial charge in [-0.2, -0.15) is 4.31 Å². The number of amides is 1. The van der Waals surface area contributed by atoms with Crippen LogP contribution in [0.2, 0.25) is 0 Å². The first-order valence-corrected chi connectivity index (χ1v) is 7.53. The van der Waals surface area contributed by atoms with E-state index >= 15 is 0 Å². The van der Waals surface area contributed by atoms with Gasteiger partial charge in [-0.1, -0.05) is 0 Å². The lowest BCUT2D eigenvalue weighted by Gasteiger charge is -2.35. The molecule has 8 nitrogen and oxygen atoms in total. The van der Waals surface area contributed by atoms with E-state index in [4.69, 9.17) is 9.84 Å². The highest BCUT2D eigenvalue weighted by Crippen LogP contribution is 2.12. The number of carboxylic acids is 1. The molecule has 110 valence electrons. The molecule has 1 amide bonds. The van der Waals surface area contributed by atoms with E-state index < -0.39 is 34.1 Å². The molecule has 0 aromatic heterocycles. The van der Waals surface area contributed by atoms with Crippen LogP contribution in [0.3, 0.4) is 0 Å². The summed E-state index contributed by atoms with van der Waals surface area (Å²) in [5.74, 6) is -1.57. The normalized spacial score (nSPS) is 24.5. The highest BCUT2D eigenvalue weighted by Gasteiger charge is 2.33. The average Bonchev–Trinajstić information content (AvgIpc) is 2.26. The lowest BCUT2D eigenvalue weighted by molar-refractivity contribution is -0.166. The molecule has 1 rings (SSSR count). The van der Waals surface area contributed by atoms with Gasteiger partial charge in [0.25, 0.3) is 0 Å². The van der Waals surface area contributed by atoms with Crippen molar-refractivity contribution in [2.24, 2.45) is 0 Å². The number of hydrogen-bond acceptors (Lipinski definition) is 5. The average molecular weight is 294 g/mol. The molecular weight excluding hydrogens is 276 g/mol. The van der Waals surface area contributed by atoms with Gasteiger partial charge in [0.05, 0.1) is 25.4 Å². The first-order valence-electron chi connectivity index (χ1n) is 5.68. The summed E-state index contributed by atoms with van der Waals surface area (Å²) in [5, 5.41) is 8.90. The Kier molecular flexibility index (Phi) is 4.88. The van der Waals surface area contributed by atoms with Crippen molar-refractivity contribution in [2.75, 3.05) is 32.9 Å². The van der Waals surface area contributed by atoms with Crippen LogP contribution in [0.5, 0.6) is 0 Å². The van der Waals surface area contributed by atoms with Gasteiger partial charge in [-0.05, 0) is 6.92 Å². The summed E-state index contributed by atoms with van der Waals surface area (Å²) >= 11 is 0. The first-order chi connectivity index (χ1) is 8.61. The van der Waals surface area contributed by atoms with Gasteiger partial charge in [-0.15, -0.1) is 0 Å². The Bertz CT molecular complexity index is 463. The molecule has 0 saturated carbocycles. The minimum atomic E-state index is -3.44. The molecule has 0 bridgehead atoms. The molecule has 0 spiro atoms. The van der Waals surface area contributed by atoms with Crippen LogP contribution >= 0.6 is 0 Å². The molecule has 1 unspecified atom stereocenters. The van der Waals surface area contributed by atoms with Crippen molar-refractivity contribution in [3.63, 3.8) is 0 Å². The zero-order valence-electron chi connectivity index (χ0n) is 11.1. The minimum Gasteiger partial charge on any atom is -0.479 e. The van der Waals surface area contributed by atoms with Gasteiger partial charge < -0.3 is 14.7 Å². The monoisotopic (exact) mass is 294 g/mol. The highest BCUT2D eigenvalue weighted by molar-refractivity contribution is 7.88. The lowest BCUT2D eigenvalue weighted by atomic mass is 10.2. The van der Waals surface area contributed by atoms with Crippen molar-refractivity contribution in [1.29, 1.82) is 0 Å². The minimum absolute atomic E-state index is 0.0733. The van der Waals surface area contributed by atoms with Crippen LogP contribution in [0, 0.1) is 0 Å². The SMILES string of the molecule is C[C@@H]1CN(C(=O)CN(C)S(C)(=O)=O)CC(C(=O)O)O1. The number of carboxylic acid groups (broad SMARTS) is 1. The maximum absolute atomic E-state index is 11.9. The standard InChI is InChI=1S/C10H18N2O6S/c1-7-4-12(5-8(18-7)10(14)15)9(13)6-11(2)19(3,16)17/h7-8H,4-6H2,1-3H3,(H,14,15)/t7-,8?/m1/s1. The molecule has 1 N–H and O–H groups in total. The third-order valence-corrected chi connectivity index (χ3v) is 4.07. The topological polar surface area (TPSA) is 104 Å². The van der Waals surface area contributed by atoms with Crippen molar-refractivity contribution < 1.29 is 27.9 Å². The number of carbonyl (C=O) groups excluding carboxylic acids is 1. The summed E-state index contributed by atoms with van der Waals surface area (Å²) in [5.41, 5.74) is 0. The Balaban J connectivity index is 2.69. The predicted molar refractivity (Wildman–Crippen MR) is 66.0 cm³/mol. The number of aliphatic carboxylic acids is 1. The highest BCUT2D eigenvalue weighted by atomic mass is 32.2. The number of sulfonamides is 1. The van der Waals surface area contributed by atoms with Crippen LogP contribution in [0.25, 0.3) is 0 Å². The van der Waals surface area contributed by atoms with Crippen LogP contribution in [0.4, 0.5) is 0 Å². The van der Waals surface area contributed by atoms with E-state index in [9.17, 15) is 18.0 Å². The van der Waals surface area contributed by atoms with E-state index in [0.29, 0.717) is 0 Å². The quantitative estimate of drug-likeness (QED) is 0.682. The molecule has 0 aliphatic carbocycles. The Labute approximate surface area is 112 Å². The van der Waals surface area contributed by atoms with E-state index in [1.807, 2.05) is 0 Å². The Morgan fingerprint density at radius 2 is 2.00 bits per heavy atom. The van der Waals surface area contributed by atoms with Crippen LogP contribution < -0.4 is 0 Å². The number of rotatable bonds is 4. The first kappa shape index (κ1) is 15.9. The molecule has 1 saturated heterocycles. The van der Waals surface area contributed by atoms with Crippen molar-refractivity contribution in [1.82, 2.24) is 9.21 Å². The fourth-order valence-corrected chi connectivity index (χ4v) is 2.04. The van der Waals surface area contributed by atoms with E-state index in [1.54, 1.807) is 6.92 Å². The summed E-state index contributed by atoms with van der Waals surface area (Å²) in [7, 11) is -2.14. The van der Waals surface area contributed by atoms with Crippen LogP contribution in [0.1, 0.15) is 6.92 Å². The molecule has 2 atom stereocenters. The van der Waals surface area contributed by atoms with Gasteiger partial charge in [-0.3, -0.25) is 4.79 Å². The summed E-state index contributed by atoms with van der Waals surface area (Å²) in [6, 6.07) is 0. The van der Waals surface area contributed by atoms with Crippen molar-refractivity contribution >= 4 is 21.9 Å². The zero-order valence-corrected chi connectivity index (χ0v) is 11.9. The van der Waals surface area contributed by atoms with Crippen molar-refractivity contribution in [3.05, 3.63) is 0 Å². The Morgan fingerprint density at radius 1 is 1.42 bits per heavy atom. The number of carbonyl (C=O) groups is 2. The van der Waals surface area contributed by atoms with Crippen molar-refractivity contribution in [3.8, 4) is 0 Å². The Hall–Kier alpha value is -1.19. The molecule has 19 heavy (non-hydrogen) atoms. The molecule has 0 aromatic carbocycles. The van der Waals surface area contributed by atoms with Crippen LogP contribution in [-0.2, 0) is 24.3 Å². The second-order valence-electron chi connectivity index (χ2n) is 4.59. The maximum Gasteiger partial charge on any atom is 0.334 e. The summed E-state index contributed by atoms with van der Waals surface area (Å²) in [4.78, 5) is 24.1. The lowest BCUT2D eigenvalue weighted by Crippen LogP contribution is -2.53. The maximum atomic E-state index is 11.9. The van der Waals surface area contributed by atoms with Gasteiger partial charge in [0, 0.05) is 13.6 Å². The summed E-state index contributed by atoms with van der Waals surface area (Å²) < 4.78 is 28.5. The number of nitrogens with zero attached hydrogens (tertiary/aromatic N) is 2. The smallest absolute Gasteiger partial charge is 0.334 e. The van der Waals surface area contributed by atoms with Crippen LogP contribution in [0.15, 0.2) is 0 Å². The van der Waals surface area contributed by atoms with Crippen LogP contribution in [-0.4, -0.2) is 79.8 Å². The molecule has 0 radical (unpaired) electrons. The predicted octanol–water partition coefficient (Wildman–Crippen LogP) is -1.42. The number of likely N-dealkylation sites (N-methyl/N-ethyl adjacent to an activating group) is 1. The number of morpholine rings is 1. The molecular formula is C10H18N2O6S. The number of ether oxygens (including phenoxy) is 1. The van der Waals surface area contributed by atoms with Gasteiger partial charge in [-0.25, -0.2) is 13.2 Å². The summed E-state index contributed by atoms with van der Waals surface area (Å²) in [6.07, 6.45) is -0.471. The van der Waals surface area contributed by atoms with E-state index in [-0.39, 0.29) is 19.6 Å². The molecule has 1 aliphatic rings. The van der Waals surface area contributed by atoms with Gasteiger partial charge in [0.15, 0.2) is 6.10 Å². The summed E-state index contributed by atoms with van der Waals surface area (Å²) in [6.45, 7) is 1.53. The largest absolute Gasteiger partial charge is 0.479 e. The number of hydrogen-bond donors (Lipinski definition) is 1. The zero-order chi connectivity index (χ0) is 14.8. The molecule has 1 heterocycles. The molecule has 9 heteroatoms. The van der Waals surface area contributed by atoms with E-state index in [0.717, 1.165) is 10.6 Å². The van der Waals surface area contributed by atoms with E-state index in [2.05, 4.69) is 0 Å². The van der Waals surface area contributed by atoms with Gasteiger partial charge in [0.1, 0.15) is 0 Å². The third kappa shape index (κ3) is 4.44. The molecule has 1 fully saturated rings.